The fourth-order valence-corrected chi connectivity index (χ4v) is 2.65. The second-order valence-electron chi connectivity index (χ2n) is 6.47. The first-order chi connectivity index (χ1) is 7.41. The van der Waals surface area contributed by atoms with Gasteiger partial charge < -0.3 is 0 Å². The minimum atomic E-state index is 0.546. The predicted octanol–water partition coefficient (Wildman–Crippen LogP) is 6.01. The van der Waals surface area contributed by atoms with Gasteiger partial charge in [0.2, 0.25) is 0 Å². The molecule has 16 heavy (non-hydrogen) atoms. The van der Waals surface area contributed by atoms with Crippen LogP contribution in [0.4, 0.5) is 0 Å². The van der Waals surface area contributed by atoms with E-state index in [1.54, 1.807) is 5.92 Å². The van der Waals surface area contributed by atoms with Crippen LogP contribution in [-0.2, 0) is 0 Å². The Hall–Kier alpha value is 0. The molecule has 0 aliphatic rings. The predicted molar refractivity (Wildman–Crippen MR) is 75.5 cm³/mol. The summed E-state index contributed by atoms with van der Waals surface area (Å²) in [5.41, 5.74) is 0.546. The molecule has 0 rings (SSSR count). The van der Waals surface area contributed by atoms with Gasteiger partial charge in [0, 0.05) is 0 Å². The van der Waals surface area contributed by atoms with Gasteiger partial charge in [-0.05, 0) is 42.9 Å². The Bertz CT molecular complexity index is 157. The quantitative estimate of drug-likeness (QED) is 0.450. The monoisotopic (exact) mass is 225 g/mol. The van der Waals surface area contributed by atoms with E-state index in [1.807, 2.05) is 0 Å². The van der Waals surface area contributed by atoms with Crippen molar-refractivity contribution < 1.29 is 0 Å². The van der Waals surface area contributed by atoms with Gasteiger partial charge in [-0.1, -0.05) is 60.8 Å². The molecule has 0 heteroatoms. The third kappa shape index (κ3) is 8.19. The summed E-state index contributed by atoms with van der Waals surface area (Å²) in [6.45, 7) is 14.2. The molecule has 0 bridgehead atoms. The summed E-state index contributed by atoms with van der Waals surface area (Å²) in [6.07, 6.45) is 9.44. The van der Waals surface area contributed by atoms with Crippen LogP contribution in [0.2, 0.25) is 0 Å². The maximum absolute atomic E-state index is 2.42. The van der Waals surface area contributed by atoms with E-state index in [-0.39, 0.29) is 0 Å². The maximum atomic E-state index is 2.42. The van der Waals surface area contributed by atoms with Gasteiger partial charge in [-0.25, -0.2) is 0 Å². The highest BCUT2D eigenvalue weighted by Crippen LogP contribution is 2.32. The van der Waals surface area contributed by atoms with Crippen LogP contribution in [-0.4, -0.2) is 0 Å². The Morgan fingerprint density at radius 1 is 1.06 bits per heavy atom. The average molecular weight is 225 g/mol. The lowest BCUT2D eigenvalue weighted by Crippen LogP contribution is -2.12. The van der Waals surface area contributed by atoms with Gasteiger partial charge in [0.15, 0.2) is 0 Å². The van der Waals surface area contributed by atoms with E-state index in [0.29, 0.717) is 5.41 Å². The molecule has 0 aromatic heterocycles. The zero-order chi connectivity index (χ0) is 12.6. The molecule has 0 fully saturated rings. The SMILES string of the molecule is CCCC(C)C[C](C)CCC(C)(C)CCC. The largest absolute Gasteiger partial charge is 0.0654 e. The summed E-state index contributed by atoms with van der Waals surface area (Å²) in [5, 5.41) is 0. The van der Waals surface area contributed by atoms with Crippen LogP contribution in [0.3, 0.4) is 0 Å². The summed E-state index contributed by atoms with van der Waals surface area (Å²) in [7, 11) is 0. The van der Waals surface area contributed by atoms with E-state index >= 15 is 0 Å². The lowest BCUT2D eigenvalue weighted by Gasteiger charge is -2.26. The lowest BCUT2D eigenvalue weighted by molar-refractivity contribution is 0.294. The number of hydrogen-bond donors (Lipinski definition) is 0. The Kier molecular flexibility index (Phi) is 8.14. The fourth-order valence-electron chi connectivity index (χ4n) is 2.65. The van der Waals surface area contributed by atoms with E-state index < -0.39 is 0 Å². The molecule has 0 spiro atoms. The van der Waals surface area contributed by atoms with Crippen molar-refractivity contribution in [2.24, 2.45) is 11.3 Å². The first-order valence-electron chi connectivity index (χ1n) is 7.22. The van der Waals surface area contributed by atoms with Crippen LogP contribution in [0.5, 0.6) is 0 Å². The van der Waals surface area contributed by atoms with Crippen molar-refractivity contribution >= 4 is 0 Å². The molecular formula is C16H33. The smallest absolute Gasteiger partial charge is 0.0269 e. The van der Waals surface area contributed by atoms with Gasteiger partial charge in [-0.3, -0.25) is 0 Å². The molecule has 0 heterocycles. The van der Waals surface area contributed by atoms with Crippen LogP contribution in [0, 0.1) is 17.3 Å². The summed E-state index contributed by atoms with van der Waals surface area (Å²) in [4.78, 5) is 0. The van der Waals surface area contributed by atoms with E-state index in [1.165, 1.54) is 44.9 Å². The Morgan fingerprint density at radius 3 is 2.19 bits per heavy atom. The van der Waals surface area contributed by atoms with Crippen LogP contribution >= 0.6 is 0 Å². The highest BCUT2D eigenvalue weighted by atomic mass is 14.2. The molecular weight excluding hydrogens is 192 g/mol. The van der Waals surface area contributed by atoms with Gasteiger partial charge >= 0.3 is 0 Å². The van der Waals surface area contributed by atoms with Gasteiger partial charge in [-0.2, -0.15) is 0 Å². The first kappa shape index (κ1) is 16.0. The second-order valence-corrected chi connectivity index (χ2v) is 6.47. The summed E-state index contributed by atoms with van der Waals surface area (Å²) in [6, 6.07) is 0. The highest BCUT2D eigenvalue weighted by Gasteiger charge is 2.18. The molecule has 0 aliphatic heterocycles. The van der Waals surface area contributed by atoms with Crippen LogP contribution in [0.25, 0.3) is 0 Å². The van der Waals surface area contributed by atoms with E-state index in [0.717, 1.165) is 5.92 Å². The van der Waals surface area contributed by atoms with Crippen molar-refractivity contribution in [3.8, 4) is 0 Å². The molecule has 0 saturated carbocycles. The highest BCUT2D eigenvalue weighted by molar-refractivity contribution is 4.87. The summed E-state index contributed by atoms with van der Waals surface area (Å²) >= 11 is 0. The zero-order valence-electron chi connectivity index (χ0n) is 12.5. The maximum Gasteiger partial charge on any atom is -0.0269 e. The lowest BCUT2D eigenvalue weighted by atomic mass is 9.80. The first-order valence-corrected chi connectivity index (χ1v) is 7.22. The Balaban J connectivity index is 3.75. The fraction of sp³-hybridized carbons (Fsp3) is 0.938. The number of rotatable bonds is 9. The normalized spacial score (nSPS) is 14.4. The van der Waals surface area contributed by atoms with Crippen LogP contribution in [0.1, 0.15) is 86.5 Å². The second kappa shape index (κ2) is 8.14. The van der Waals surface area contributed by atoms with Gasteiger partial charge in [0.1, 0.15) is 0 Å². The number of hydrogen-bond acceptors (Lipinski definition) is 0. The van der Waals surface area contributed by atoms with Crippen LogP contribution in [0.15, 0.2) is 0 Å². The Labute approximate surface area is 104 Å². The minimum Gasteiger partial charge on any atom is -0.0654 e. The molecule has 97 valence electrons. The molecule has 1 unspecified atom stereocenters. The molecule has 0 aliphatic carbocycles. The minimum absolute atomic E-state index is 0.546. The molecule has 0 nitrogen and oxygen atoms in total. The Morgan fingerprint density at radius 2 is 1.69 bits per heavy atom. The van der Waals surface area contributed by atoms with Gasteiger partial charge in [-0.15, -0.1) is 0 Å². The molecule has 0 amide bonds. The third-order valence-electron chi connectivity index (χ3n) is 3.63. The molecule has 0 N–H and O–H groups in total. The van der Waals surface area contributed by atoms with Crippen LogP contribution < -0.4 is 0 Å². The molecule has 0 aromatic rings. The van der Waals surface area contributed by atoms with E-state index in [9.17, 15) is 0 Å². The van der Waals surface area contributed by atoms with Crippen molar-refractivity contribution in [1.29, 1.82) is 0 Å². The van der Waals surface area contributed by atoms with E-state index in [4.69, 9.17) is 0 Å². The van der Waals surface area contributed by atoms with Crippen molar-refractivity contribution in [2.45, 2.75) is 86.5 Å². The van der Waals surface area contributed by atoms with Gasteiger partial charge in [0.25, 0.3) is 0 Å². The molecule has 1 atom stereocenters. The van der Waals surface area contributed by atoms with Crippen molar-refractivity contribution in [3.05, 3.63) is 5.92 Å². The third-order valence-corrected chi connectivity index (χ3v) is 3.63. The summed E-state index contributed by atoms with van der Waals surface area (Å²) < 4.78 is 0. The molecule has 0 saturated heterocycles. The van der Waals surface area contributed by atoms with Crippen molar-refractivity contribution in [2.75, 3.05) is 0 Å². The molecule has 1 radical (unpaired) electrons. The average Bonchev–Trinajstić information content (AvgIpc) is 2.15. The van der Waals surface area contributed by atoms with Crippen molar-refractivity contribution in [3.63, 3.8) is 0 Å². The van der Waals surface area contributed by atoms with Gasteiger partial charge in [0.05, 0.1) is 0 Å². The zero-order valence-corrected chi connectivity index (χ0v) is 12.5. The van der Waals surface area contributed by atoms with Crippen molar-refractivity contribution in [1.82, 2.24) is 0 Å². The standard InChI is InChI=1S/C16H33/c1-7-9-14(3)13-15(4)10-12-16(5,6)11-8-2/h14H,7-13H2,1-6H3. The topological polar surface area (TPSA) is 0 Å². The summed E-state index contributed by atoms with van der Waals surface area (Å²) in [5.74, 6) is 2.60. The van der Waals surface area contributed by atoms with E-state index in [2.05, 4.69) is 41.5 Å². The molecule has 0 aromatic carbocycles.